The van der Waals surface area contributed by atoms with E-state index in [1.807, 2.05) is 13.2 Å². The molecule has 32 heavy (non-hydrogen) atoms. The smallest absolute Gasteiger partial charge is 0.254 e. The van der Waals surface area contributed by atoms with Gasteiger partial charge in [0.1, 0.15) is 28.5 Å². The van der Waals surface area contributed by atoms with Crippen molar-refractivity contribution in [3.63, 3.8) is 0 Å². The molecule has 1 saturated carbocycles. The average molecular weight is 456 g/mol. The van der Waals surface area contributed by atoms with Gasteiger partial charge in [0.15, 0.2) is 0 Å². The van der Waals surface area contributed by atoms with Crippen LogP contribution in [0.25, 0.3) is 22.3 Å². The van der Waals surface area contributed by atoms with Crippen molar-refractivity contribution in [2.75, 3.05) is 0 Å². The van der Waals surface area contributed by atoms with Gasteiger partial charge in [-0.2, -0.15) is 19.6 Å². The van der Waals surface area contributed by atoms with E-state index in [0.29, 0.717) is 23.4 Å². The Balaban J connectivity index is 1.61. The van der Waals surface area contributed by atoms with Crippen LogP contribution >= 0.6 is 11.6 Å². The third-order valence-corrected chi connectivity index (χ3v) is 5.98. The van der Waals surface area contributed by atoms with E-state index in [9.17, 15) is 0 Å². The van der Waals surface area contributed by atoms with Crippen LogP contribution in [0.2, 0.25) is 5.15 Å². The summed E-state index contributed by atoms with van der Waals surface area (Å²) in [4.78, 5) is 12.8. The van der Waals surface area contributed by atoms with Crippen LogP contribution in [0.3, 0.4) is 0 Å². The molecule has 0 aromatic carbocycles. The number of aryl methyl sites for hydroxylation is 2. The second-order valence-electron chi connectivity index (χ2n) is 8.14. The van der Waals surface area contributed by atoms with Crippen LogP contribution in [0.15, 0.2) is 24.7 Å². The van der Waals surface area contributed by atoms with E-state index >= 15 is 4.39 Å². The molecule has 5 rings (SSSR count). The van der Waals surface area contributed by atoms with Gasteiger partial charge in [0.25, 0.3) is 5.88 Å². The number of pyridine rings is 1. The molecule has 4 aromatic rings. The first-order chi connectivity index (χ1) is 15.5. The second kappa shape index (κ2) is 8.46. The van der Waals surface area contributed by atoms with Gasteiger partial charge in [-0.05, 0) is 38.7 Å². The van der Waals surface area contributed by atoms with Gasteiger partial charge in [-0.25, -0.2) is 9.97 Å². The van der Waals surface area contributed by atoms with Gasteiger partial charge in [0, 0.05) is 25.0 Å². The zero-order chi connectivity index (χ0) is 22.2. The van der Waals surface area contributed by atoms with Gasteiger partial charge < -0.3 is 4.74 Å². The SMILES string of the molecule is Cc1nc(OC2CCCCC2)c(F)c(-c2nn(Cc3cnn(C)c3)c3ccnc(Cl)c23)n1. The molecule has 0 atom stereocenters. The minimum absolute atomic E-state index is 0.0330. The Bertz CT molecular complexity index is 1280. The Morgan fingerprint density at radius 2 is 2.00 bits per heavy atom. The van der Waals surface area contributed by atoms with Crippen molar-refractivity contribution in [2.24, 2.45) is 7.05 Å². The lowest BCUT2D eigenvalue weighted by Crippen LogP contribution is -2.21. The molecular formula is C22H23ClFN7O. The first-order valence-electron chi connectivity index (χ1n) is 10.7. The highest BCUT2D eigenvalue weighted by Gasteiger charge is 2.26. The van der Waals surface area contributed by atoms with Crippen LogP contribution in [0.4, 0.5) is 4.39 Å². The zero-order valence-electron chi connectivity index (χ0n) is 17.9. The summed E-state index contributed by atoms with van der Waals surface area (Å²) in [5.41, 5.74) is 2.07. The molecule has 4 heterocycles. The summed E-state index contributed by atoms with van der Waals surface area (Å²) in [6.07, 6.45) is 10.4. The van der Waals surface area contributed by atoms with Crippen LogP contribution in [0, 0.1) is 12.7 Å². The molecule has 4 aromatic heterocycles. The first-order valence-corrected chi connectivity index (χ1v) is 11.1. The number of fused-ring (bicyclic) bond motifs is 1. The standard InChI is InChI=1S/C22H23ClFN7O/c1-13-27-20(18(24)22(28-13)32-15-6-4-3-5-7-15)19-17-16(8-9-25-21(17)23)31(29-19)12-14-10-26-30(2)11-14/h8-11,15H,3-7,12H2,1-2H3. The largest absolute Gasteiger partial charge is 0.472 e. The molecular weight excluding hydrogens is 433 g/mol. The van der Waals surface area contributed by atoms with Gasteiger partial charge in [0.2, 0.25) is 5.82 Å². The molecule has 1 fully saturated rings. The summed E-state index contributed by atoms with van der Waals surface area (Å²) in [7, 11) is 1.85. The Kier molecular flexibility index (Phi) is 5.50. The molecule has 0 spiro atoms. The highest BCUT2D eigenvalue weighted by atomic mass is 35.5. The number of aromatic nitrogens is 7. The maximum absolute atomic E-state index is 15.6. The monoisotopic (exact) mass is 455 g/mol. The molecule has 166 valence electrons. The maximum atomic E-state index is 15.6. The normalized spacial score (nSPS) is 14.9. The minimum atomic E-state index is -0.631. The second-order valence-corrected chi connectivity index (χ2v) is 8.50. The molecule has 8 nitrogen and oxygen atoms in total. The third-order valence-electron chi connectivity index (χ3n) is 5.70. The lowest BCUT2D eigenvalue weighted by atomic mass is 9.98. The van der Waals surface area contributed by atoms with Gasteiger partial charge in [-0.15, -0.1) is 0 Å². The fraction of sp³-hybridized carbons (Fsp3) is 0.409. The quantitative estimate of drug-likeness (QED) is 0.412. The molecule has 1 aliphatic rings. The number of halogens is 2. The lowest BCUT2D eigenvalue weighted by Gasteiger charge is -2.22. The van der Waals surface area contributed by atoms with Crippen molar-refractivity contribution in [3.8, 4) is 17.3 Å². The highest BCUT2D eigenvalue weighted by Crippen LogP contribution is 2.35. The van der Waals surface area contributed by atoms with E-state index in [1.165, 1.54) is 6.42 Å². The van der Waals surface area contributed by atoms with Gasteiger partial charge in [-0.1, -0.05) is 18.0 Å². The fourth-order valence-electron chi connectivity index (χ4n) is 4.21. The van der Waals surface area contributed by atoms with Crippen molar-refractivity contribution in [1.29, 1.82) is 0 Å². The highest BCUT2D eigenvalue weighted by molar-refractivity contribution is 6.35. The molecule has 0 aliphatic heterocycles. The molecule has 0 radical (unpaired) electrons. The van der Waals surface area contributed by atoms with E-state index in [-0.39, 0.29) is 22.8 Å². The van der Waals surface area contributed by atoms with Gasteiger partial charge in [0.05, 0.1) is 23.6 Å². The van der Waals surface area contributed by atoms with Crippen LogP contribution in [-0.2, 0) is 13.6 Å². The number of hydrogen-bond acceptors (Lipinski definition) is 6. The Hall–Kier alpha value is -3.07. The van der Waals surface area contributed by atoms with Crippen LogP contribution in [0.5, 0.6) is 5.88 Å². The van der Waals surface area contributed by atoms with Crippen molar-refractivity contribution in [1.82, 2.24) is 34.5 Å². The summed E-state index contributed by atoms with van der Waals surface area (Å²) in [5, 5.41) is 9.67. The first kappa shape index (κ1) is 20.8. The number of nitrogens with zero attached hydrogens (tertiary/aromatic N) is 7. The van der Waals surface area contributed by atoms with Crippen LogP contribution in [0.1, 0.15) is 43.5 Å². The molecule has 1 aliphatic carbocycles. The van der Waals surface area contributed by atoms with E-state index < -0.39 is 5.82 Å². The van der Waals surface area contributed by atoms with E-state index in [4.69, 9.17) is 16.3 Å². The molecule has 0 N–H and O–H groups in total. The van der Waals surface area contributed by atoms with Crippen LogP contribution in [-0.4, -0.2) is 40.6 Å². The predicted molar refractivity (Wildman–Crippen MR) is 118 cm³/mol. The Morgan fingerprint density at radius 3 is 2.75 bits per heavy atom. The van der Waals surface area contributed by atoms with E-state index in [0.717, 1.165) is 36.8 Å². The minimum Gasteiger partial charge on any atom is -0.472 e. The molecule has 0 bridgehead atoms. The fourth-order valence-corrected chi connectivity index (χ4v) is 4.45. The van der Waals surface area contributed by atoms with Crippen LogP contribution < -0.4 is 4.74 Å². The zero-order valence-corrected chi connectivity index (χ0v) is 18.7. The van der Waals surface area contributed by atoms with Gasteiger partial charge in [-0.3, -0.25) is 9.36 Å². The molecule has 0 unspecified atom stereocenters. The summed E-state index contributed by atoms with van der Waals surface area (Å²) in [5.74, 6) is -0.259. The third kappa shape index (κ3) is 3.92. The average Bonchev–Trinajstić information content (AvgIpc) is 3.36. The number of hydrogen-bond donors (Lipinski definition) is 0. The topological polar surface area (TPSA) is 83.5 Å². The van der Waals surface area contributed by atoms with Gasteiger partial charge >= 0.3 is 0 Å². The summed E-state index contributed by atoms with van der Waals surface area (Å²) in [6, 6.07) is 1.81. The number of rotatable bonds is 5. The summed E-state index contributed by atoms with van der Waals surface area (Å²) >= 11 is 6.44. The predicted octanol–water partition coefficient (Wildman–Crippen LogP) is 4.48. The van der Waals surface area contributed by atoms with Crippen molar-refractivity contribution < 1.29 is 9.13 Å². The molecule has 0 amide bonds. The van der Waals surface area contributed by atoms with Crippen molar-refractivity contribution in [3.05, 3.63) is 47.0 Å². The summed E-state index contributed by atoms with van der Waals surface area (Å²) < 4.78 is 25.1. The molecule has 0 saturated heterocycles. The number of ether oxygens (including phenoxy) is 1. The van der Waals surface area contributed by atoms with E-state index in [2.05, 4.69) is 25.1 Å². The maximum Gasteiger partial charge on any atom is 0.254 e. The van der Waals surface area contributed by atoms with Crippen molar-refractivity contribution >= 4 is 22.5 Å². The molecule has 10 heteroatoms. The lowest BCUT2D eigenvalue weighted by molar-refractivity contribution is 0.141. The Morgan fingerprint density at radius 1 is 1.19 bits per heavy atom. The Labute approximate surface area is 189 Å². The summed E-state index contributed by atoms with van der Waals surface area (Å²) in [6.45, 7) is 2.16. The van der Waals surface area contributed by atoms with Crippen molar-refractivity contribution in [2.45, 2.75) is 51.7 Å². The van der Waals surface area contributed by atoms with E-state index in [1.54, 1.807) is 34.7 Å².